The Morgan fingerprint density at radius 1 is 1.14 bits per heavy atom. The zero-order valence-corrected chi connectivity index (χ0v) is 17.4. The minimum Gasteiger partial charge on any atom is -0.341 e. The summed E-state index contributed by atoms with van der Waals surface area (Å²) in [6.07, 6.45) is 3.62. The van der Waals surface area contributed by atoms with E-state index in [-0.39, 0.29) is 23.8 Å². The van der Waals surface area contributed by atoms with E-state index in [1.165, 1.54) is 24.3 Å². The molecule has 0 fully saturated rings. The van der Waals surface area contributed by atoms with Crippen LogP contribution >= 0.6 is 11.6 Å². The molecule has 0 spiro atoms. The van der Waals surface area contributed by atoms with E-state index in [2.05, 4.69) is 9.82 Å². The number of carbonyl (C=O) groups excluding carboxylic acids is 1. The molecule has 0 atom stereocenters. The van der Waals surface area contributed by atoms with Crippen molar-refractivity contribution >= 4 is 27.5 Å². The number of amides is 1. The van der Waals surface area contributed by atoms with Crippen LogP contribution in [-0.4, -0.2) is 42.6 Å². The monoisotopic (exact) mass is 432 g/mol. The number of carbonyl (C=O) groups is 1. The number of sulfonamides is 1. The van der Waals surface area contributed by atoms with Crippen LogP contribution in [0, 0.1) is 0 Å². The average molecular weight is 433 g/mol. The molecule has 0 saturated heterocycles. The third kappa shape index (κ3) is 5.66. The molecule has 0 saturated carbocycles. The van der Waals surface area contributed by atoms with Crippen LogP contribution in [0.3, 0.4) is 0 Å². The lowest BCUT2D eigenvalue weighted by molar-refractivity contribution is -0.130. The lowest BCUT2D eigenvalue weighted by Crippen LogP contribution is -2.31. The van der Waals surface area contributed by atoms with Gasteiger partial charge >= 0.3 is 0 Å². The van der Waals surface area contributed by atoms with Crippen LogP contribution in [0.1, 0.15) is 12.0 Å². The molecule has 1 N–H and O–H groups in total. The van der Waals surface area contributed by atoms with Crippen LogP contribution in [0.15, 0.2) is 71.9 Å². The summed E-state index contributed by atoms with van der Waals surface area (Å²) in [5.41, 5.74) is 1.82. The van der Waals surface area contributed by atoms with Crippen molar-refractivity contribution in [2.75, 3.05) is 13.6 Å². The SMILES string of the molecule is CN(Cc1cnn(-c2ccccc2)c1)C(=O)CCNS(=O)(=O)c1ccc(Cl)cc1. The van der Waals surface area contributed by atoms with Crippen molar-refractivity contribution in [2.24, 2.45) is 0 Å². The van der Waals surface area contributed by atoms with E-state index in [1.54, 1.807) is 22.8 Å². The van der Waals surface area contributed by atoms with Crippen molar-refractivity contribution in [3.63, 3.8) is 0 Å². The van der Waals surface area contributed by atoms with Crippen molar-refractivity contribution in [1.29, 1.82) is 0 Å². The molecule has 1 amide bonds. The fourth-order valence-corrected chi connectivity index (χ4v) is 3.86. The molecule has 0 aliphatic rings. The van der Waals surface area contributed by atoms with Crippen molar-refractivity contribution in [2.45, 2.75) is 17.9 Å². The van der Waals surface area contributed by atoms with Crippen LogP contribution < -0.4 is 4.72 Å². The minimum atomic E-state index is -3.68. The van der Waals surface area contributed by atoms with Gasteiger partial charge in [-0.2, -0.15) is 5.10 Å². The lowest BCUT2D eigenvalue weighted by Gasteiger charge is -2.16. The molecule has 29 heavy (non-hydrogen) atoms. The topological polar surface area (TPSA) is 84.3 Å². The van der Waals surface area contributed by atoms with Gasteiger partial charge in [0.15, 0.2) is 0 Å². The summed E-state index contributed by atoms with van der Waals surface area (Å²) in [4.78, 5) is 14.0. The van der Waals surface area contributed by atoms with Crippen LogP contribution in [0.4, 0.5) is 0 Å². The van der Waals surface area contributed by atoms with Crippen molar-refractivity contribution in [3.8, 4) is 5.69 Å². The van der Waals surface area contributed by atoms with E-state index in [1.807, 2.05) is 36.5 Å². The molecule has 0 aliphatic carbocycles. The molecular weight excluding hydrogens is 412 g/mol. The summed E-state index contributed by atoms with van der Waals surface area (Å²) in [5.74, 6) is -0.170. The fraction of sp³-hybridized carbons (Fsp3) is 0.200. The van der Waals surface area contributed by atoms with E-state index in [0.717, 1.165) is 11.3 Å². The standard InChI is InChI=1S/C20H21ClN4O3S/c1-24(14-16-13-22-25(15-16)18-5-3-2-4-6-18)20(26)11-12-23-29(27,28)19-9-7-17(21)8-10-19/h2-10,13,15,23H,11-12,14H2,1H3. The molecule has 0 aliphatic heterocycles. The van der Waals surface area contributed by atoms with Gasteiger partial charge < -0.3 is 4.90 Å². The molecule has 3 aromatic rings. The number of nitrogens with zero attached hydrogens (tertiary/aromatic N) is 3. The van der Waals surface area contributed by atoms with E-state index in [4.69, 9.17) is 11.6 Å². The summed E-state index contributed by atoms with van der Waals surface area (Å²) in [6, 6.07) is 15.5. The molecule has 0 unspecified atom stereocenters. The molecular formula is C20H21ClN4O3S. The minimum absolute atomic E-state index is 0.0113. The smallest absolute Gasteiger partial charge is 0.240 e. The first kappa shape index (κ1) is 21.0. The third-order valence-corrected chi connectivity index (χ3v) is 5.99. The van der Waals surface area contributed by atoms with Gasteiger partial charge in [0, 0.05) is 43.3 Å². The maximum atomic E-state index is 12.3. The molecule has 7 nitrogen and oxygen atoms in total. The zero-order chi connectivity index (χ0) is 20.9. The van der Waals surface area contributed by atoms with Crippen LogP contribution in [-0.2, 0) is 21.4 Å². The highest BCUT2D eigenvalue weighted by Gasteiger charge is 2.16. The lowest BCUT2D eigenvalue weighted by atomic mass is 10.3. The Kier molecular flexibility index (Phi) is 6.68. The second kappa shape index (κ2) is 9.21. The molecule has 1 aromatic heterocycles. The number of benzene rings is 2. The molecule has 152 valence electrons. The maximum absolute atomic E-state index is 12.3. The van der Waals surface area contributed by atoms with Gasteiger partial charge in [-0.3, -0.25) is 4.79 Å². The molecule has 1 heterocycles. The van der Waals surface area contributed by atoms with Crippen LogP contribution in [0.25, 0.3) is 5.69 Å². The van der Waals surface area contributed by atoms with Crippen molar-refractivity contribution < 1.29 is 13.2 Å². The first-order valence-electron chi connectivity index (χ1n) is 8.93. The number of para-hydroxylation sites is 1. The van der Waals surface area contributed by atoms with E-state index < -0.39 is 10.0 Å². The largest absolute Gasteiger partial charge is 0.341 e. The Bertz CT molecular complexity index is 1070. The zero-order valence-electron chi connectivity index (χ0n) is 15.8. The highest BCUT2D eigenvalue weighted by Crippen LogP contribution is 2.14. The maximum Gasteiger partial charge on any atom is 0.240 e. The predicted molar refractivity (Wildman–Crippen MR) is 111 cm³/mol. The van der Waals surface area contributed by atoms with E-state index in [9.17, 15) is 13.2 Å². The van der Waals surface area contributed by atoms with Gasteiger partial charge in [0.25, 0.3) is 0 Å². The van der Waals surface area contributed by atoms with Gasteiger partial charge in [-0.1, -0.05) is 29.8 Å². The predicted octanol–water partition coefficient (Wildman–Crippen LogP) is 2.85. The second-order valence-corrected chi connectivity index (χ2v) is 8.68. The first-order chi connectivity index (χ1) is 13.8. The molecule has 0 radical (unpaired) electrons. The third-order valence-electron chi connectivity index (χ3n) is 4.26. The van der Waals surface area contributed by atoms with Crippen molar-refractivity contribution in [3.05, 3.63) is 77.6 Å². The average Bonchev–Trinajstić information content (AvgIpc) is 3.17. The highest BCUT2D eigenvalue weighted by molar-refractivity contribution is 7.89. The summed E-state index contributed by atoms with van der Waals surface area (Å²) < 4.78 is 28.6. The van der Waals surface area contributed by atoms with E-state index >= 15 is 0 Å². The quantitative estimate of drug-likeness (QED) is 0.593. The summed E-state index contributed by atoms with van der Waals surface area (Å²) in [7, 11) is -2.00. The molecule has 9 heteroatoms. The Morgan fingerprint density at radius 2 is 1.83 bits per heavy atom. The number of hydrogen-bond acceptors (Lipinski definition) is 4. The summed E-state index contributed by atoms with van der Waals surface area (Å²) in [5, 5.41) is 4.77. The number of aromatic nitrogens is 2. The normalized spacial score (nSPS) is 11.4. The highest BCUT2D eigenvalue weighted by atomic mass is 35.5. The Morgan fingerprint density at radius 3 is 2.52 bits per heavy atom. The van der Waals surface area contributed by atoms with Crippen LogP contribution in [0.5, 0.6) is 0 Å². The van der Waals surface area contributed by atoms with Gasteiger partial charge in [0.05, 0.1) is 16.8 Å². The summed E-state index contributed by atoms with van der Waals surface area (Å²) in [6.45, 7) is 0.396. The Hall–Kier alpha value is -2.68. The number of nitrogens with one attached hydrogen (secondary N) is 1. The number of halogens is 1. The van der Waals surface area contributed by atoms with Gasteiger partial charge in [-0.05, 0) is 36.4 Å². The molecule has 3 rings (SSSR count). The number of rotatable bonds is 8. The van der Waals surface area contributed by atoms with Gasteiger partial charge in [-0.15, -0.1) is 0 Å². The Balaban J connectivity index is 1.51. The Labute approximate surface area is 175 Å². The second-order valence-electron chi connectivity index (χ2n) is 6.48. The van der Waals surface area contributed by atoms with Gasteiger partial charge in [0.1, 0.15) is 0 Å². The van der Waals surface area contributed by atoms with Gasteiger partial charge in [0.2, 0.25) is 15.9 Å². The first-order valence-corrected chi connectivity index (χ1v) is 10.8. The van der Waals surface area contributed by atoms with E-state index in [0.29, 0.717) is 11.6 Å². The summed E-state index contributed by atoms with van der Waals surface area (Å²) >= 11 is 5.77. The van der Waals surface area contributed by atoms with Crippen molar-refractivity contribution in [1.82, 2.24) is 19.4 Å². The van der Waals surface area contributed by atoms with Crippen LogP contribution in [0.2, 0.25) is 5.02 Å². The number of hydrogen-bond donors (Lipinski definition) is 1. The fourth-order valence-electron chi connectivity index (χ4n) is 2.71. The molecule has 2 aromatic carbocycles. The van der Waals surface area contributed by atoms with Gasteiger partial charge in [-0.25, -0.2) is 17.8 Å². The molecule has 0 bridgehead atoms.